The van der Waals surface area contributed by atoms with E-state index in [1.165, 1.54) is 6.92 Å². The van der Waals surface area contributed by atoms with Crippen LogP contribution in [0.3, 0.4) is 0 Å². The molecule has 0 saturated carbocycles. The highest BCUT2D eigenvalue weighted by atomic mass is 32.7. The molecule has 2 N–H and O–H groups in total. The largest absolute Gasteiger partial charge is 0.454 e. The van der Waals surface area contributed by atoms with E-state index >= 15 is 0 Å². The van der Waals surface area contributed by atoms with Gasteiger partial charge in [0.05, 0.1) is 25.4 Å². The van der Waals surface area contributed by atoms with Crippen LogP contribution in [0.2, 0.25) is 0 Å². The van der Waals surface area contributed by atoms with Crippen molar-refractivity contribution in [2.75, 3.05) is 32.4 Å². The molecule has 5 atom stereocenters. The van der Waals surface area contributed by atoms with Crippen molar-refractivity contribution >= 4 is 24.1 Å². The summed E-state index contributed by atoms with van der Waals surface area (Å²) in [6, 6.07) is 0. The average molecular weight is 386 g/mol. The molecule has 0 aromatic carbocycles. The van der Waals surface area contributed by atoms with E-state index in [0.717, 1.165) is 11.4 Å². The third kappa shape index (κ3) is 5.96. The number of hydrogen-bond donors (Lipinski definition) is 2. The lowest BCUT2D eigenvalue weighted by molar-refractivity contribution is -0.138. The molecular weight excluding hydrogens is 363 g/mol. The molecule has 0 aliphatic carbocycles. The summed E-state index contributed by atoms with van der Waals surface area (Å²) in [5.41, 5.74) is 0. The first-order chi connectivity index (χ1) is 11.4. The van der Waals surface area contributed by atoms with E-state index in [9.17, 15) is 19.6 Å². The summed E-state index contributed by atoms with van der Waals surface area (Å²) in [6.45, 7) is -2.04. The van der Waals surface area contributed by atoms with Gasteiger partial charge in [0.1, 0.15) is 18.1 Å². The first kappa shape index (κ1) is 20.1. The lowest BCUT2D eigenvalue weighted by atomic mass is 10.2. The number of aliphatic hydroxyl groups is 2. The van der Waals surface area contributed by atoms with E-state index in [0.29, 0.717) is 26.1 Å². The highest BCUT2D eigenvalue weighted by Crippen LogP contribution is 2.62. The van der Waals surface area contributed by atoms with Crippen molar-refractivity contribution in [1.29, 1.82) is 0 Å². The number of aliphatic hydroxyl groups excluding tert-OH is 2. The van der Waals surface area contributed by atoms with Gasteiger partial charge in [0.25, 0.3) is 0 Å². The second-order valence-electron chi connectivity index (χ2n) is 5.42. The summed E-state index contributed by atoms with van der Waals surface area (Å²) >= 11 is 0.730. The maximum atomic E-state index is 12.9. The predicted octanol–water partition coefficient (Wildman–Crippen LogP) is 0.681. The van der Waals surface area contributed by atoms with E-state index in [1.807, 2.05) is 0 Å². The number of carbonyl (C=O) groups is 1. The minimum absolute atomic E-state index is 0.108. The fourth-order valence-corrected chi connectivity index (χ4v) is 5.23. The molecule has 0 aromatic rings. The van der Waals surface area contributed by atoms with E-state index in [-0.39, 0.29) is 19.2 Å². The van der Waals surface area contributed by atoms with Crippen molar-refractivity contribution in [2.24, 2.45) is 0 Å². The van der Waals surface area contributed by atoms with Gasteiger partial charge in [-0.15, -0.1) is 0 Å². The molecule has 0 spiro atoms. The molecule has 0 radical (unpaired) electrons. The smallest absolute Gasteiger partial charge is 0.392 e. The molecule has 2 fully saturated rings. The zero-order valence-electron chi connectivity index (χ0n) is 13.4. The summed E-state index contributed by atoms with van der Waals surface area (Å²) in [6.07, 6.45) is -1.47. The zero-order chi connectivity index (χ0) is 17.6. The Hall–Kier alpha value is -0.190. The average Bonchev–Trinajstić information content (AvgIpc) is 3.13. The lowest BCUT2D eigenvalue weighted by Gasteiger charge is -2.25. The topological polar surface area (TPSA) is 121 Å². The monoisotopic (exact) mass is 386 g/mol. The Kier molecular flexibility index (Phi) is 7.96. The first-order valence-corrected chi connectivity index (χ1v) is 10.8. The van der Waals surface area contributed by atoms with Gasteiger partial charge in [-0.2, -0.15) is 0 Å². The number of rotatable bonds is 9. The standard InChI is InChI=1S/C13H23O9PS/c1-9(15)20-8-24-23(17,21-7-13-10(16)2-4-19-13)22-11-3-5-18-12(11)6-14/h10-14,16H,2-8H2,1H3/t10?,11?,12-,13-,23+/m1/s1. The minimum atomic E-state index is -3.70. The van der Waals surface area contributed by atoms with Gasteiger partial charge in [0, 0.05) is 37.9 Å². The van der Waals surface area contributed by atoms with Crippen LogP contribution in [-0.4, -0.2) is 73.0 Å². The zero-order valence-corrected chi connectivity index (χ0v) is 15.1. The maximum absolute atomic E-state index is 12.9. The number of hydrogen-bond acceptors (Lipinski definition) is 10. The van der Waals surface area contributed by atoms with Crippen LogP contribution >= 0.6 is 18.2 Å². The Bertz CT molecular complexity index is 463. The van der Waals surface area contributed by atoms with Crippen LogP contribution in [0.25, 0.3) is 0 Å². The summed E-state index contributed by atoms with van der Waals surface area (Å²) in [7, 11) is 0. The number of esters is 1. The summed E-state index contributed by atoms with van der Waals surface area (Å²) in [5, 5.41) is 19.0. The third-order valence-electron chi connectivity index (χ3n) is 3.64. The van der Waals surface area contributed by atoms with Gasteiger partial charge in [0.2, 0.25) is 0 Å². The fraction of sp³-hybridized carbons (Fsp3) is 0.923. The quantitative estimate of drug-likeness (QED) is 0.332. The molecule has 0 aromatic heterocycles. The van der Waals surface area contributed by atoms with Crippen molar-refractivity contribution < 1.29 is 42.8 Å². The van der Waals surface area contributed by atoms with Crippen LogP contribution < -0.4 is 0 Å². The second-order valence-corrected chi connectivity index (χ2v) is 9.39. The second kappa shape index (κ2) is 9.49. The van der Waals surface area contributed by atoms with Crippen molar-refractivity contribution in [3.63, 3.8) is 0 Å². The van der Waals surface area contributed by atoms with Crippen molar-refractivity contribution in [3.8, 4) is 0 Å². The Labute approximate surface area is 144 Å². The minimum Gasteiger partial charge on any atom is -0.454 e. The molecule has 140 valence electrons. The highest BCUT2D eigenvalue weighted by Gasteiger charge is 2.39. The van der Waals surface area contributed by atoms with Gasteiger partial charge in [0.15, 0.2) is 0 Å². The summed E-state index contributed by atoms with van der Waals surface area (Å²) < 4.78 is 39.3. The van der Waals surface area contributed by atoms with Crippen LogP contribution in [0.5, 0.6) is 0 Å². The van der Waals surface area contributed by atoms with Gasteiger partial charge in [-0.3, -0.25) is 13.8 Å². The normalized spacial score (nSPS) is 32.6. The van der Waals surface area contributed by atoms with Crippen molar-refractivity contribution in [1.82, 2.24) is 0 Å². The van der Waals surface area contributed by atoms with Gasteiger partial charge < -0.3 is 24.4 Å². The lowest BCUT2D eigenvalue weighted by Crippen LogP contribution is -2.29. The van der Waals surface area contributed by atoms with Gasteiger partial charge in [-0.25, -0.2) is 4.57 Å². The Balaban J connectivity index is 1.94. The van der Waals surface area contributed by atoms with Crippen LogP contribution in [0, 0.1) is 0 Å². The van der Waals surface area contributed by atoms with Crippen LogP contribution in [0.15, 0.2) is 0 Å². The van der Waals surface area contributed by atoms with E-state index in [2.05, 4.69) is 0 Å². The van der Waals surface area contributed by atoms with E-state index in [4.69, 9.17) is 23.3 Å². The molecule has 0 amide bonds. The third-order valence-corrected chi connectivity index (χ3v) is 7.01. The van der Waals surface area contributed by atoms with Crippen molar-refractivity contribution in [2.45, 2.75) is 44.2 Å². The Morgan fingerprint density at radius 1 is 1.29 bits per heavy atom. The van der Waals surface area contributed by atoms with Gasteiger partial charge in [-0.05, 0) is 6.42 Å². The molecule has 24 heavy (non-hydrogen) atoms. The summed E-state index contributed by atoms with van der Waals surface area (Å²) in [5.74, 6) is -0.709. The fourth-order valence-electron chi connectivity index (χ4n) is 2.32. The molecule has 2 unspecified atom stereocenters. The van der Waals surface area contributed by atoms with Crippen LogP contribution in [0.1, 0.15) is 19.8 Å². The Morgan fingerprint density at radius 3 is 2.62 bits per heavy atom. The molecule has 2 saturated heterocycles. The van der Waals surface area contributed by atoms with E-state index < -0.39 is 37.2 Å². The summed E-state index contributed by atoms with van der Waals surface area (Å²) in [4.78, 5) is 10.9. The molecule has 2 heterocycles. The van der Waals surface area contributed by atoms with Gasteiger partial charge in [-0.1, -0.05) is 0 Å². The highest BCUT2D eigenvalue weighted by molar-refractivity contribution is 8.55. The maximum Gasteiger partial charge on any atom is 0.392 e. The molecular formula is C13H23O9PS. The van der Waals surface area contributed by atoms with Crippen molar-refractivity contribution in [3.05, 3.63) is 0 Å². The predicted molar refractivity (Wildman–Crippen MR) is 84.5 cm³/mol. The molecule has 2 aliphatic heterocycles. The van der Waals surface area contributed by atoms with Crippen LogP contribution in [0.4, 0.5) is 0 Å². The molecule has 11 heteroatoms. The molecule has 2 aliphatic rings. The number of ether oxygens (including phenoxy) is 3. The van der Waals surface area contributed by atoms with E-state index in [1.54, 1.807) is 0 Å². The first-order valence-electron chi connectivity index (χ1n) is 7.66. The molecule has 2 rings (SSSR count). The Morgan fingerprint density at radius 2 is 2.00 bits per heavy atom. The number of carbonyl (C=O) groups excluding carboxylic acids is 1. The molecule has 0 bridgehead atoms. The molecule has 9 nitrogen and oxygen atoms in total. The SMILES string of the molecule is CC(=O)OCS[P@@](=O)(OC[C@H]1OCCC1O)OC1CCO[C@@H]1CO. The van der Waals surface area contributed by atoms with Crippen LogP contribution in [-0.2, 0) is 32.6 Å². The van der Waals surface area contributed by atoms with Gasteiger partial charge >= 0.3 is 12.8 Å².